The van der Waals surface area contributed by atoms with Crippen molar-refractivity contribution in [2.45, 2.75) is 83.5 Å². The molecule has 0 saturated heterocycles. The average Bonchev–Trinajstić information content (AvgIpc) is 2.24. The molecule has 0 unspecified atom stereocenters. The van der Waals surface area contributed by atoms with Crippen molar-refractivity contribution in [2.75, 3.05) is 0 Å². The van der Waals surface area contributed by atoms with Gasteiger partial charge >= 0.3 is 0 Å². The molecule has 1 atom stereocenters. The zero-order chi connectivity index (χ0) is 17.3. The highest BCUT2D eigenvalue weighted by atomic mass is 28.4. The summed E-state index contributed by atoms with van der Waals surface area (Å²) in [6, 6.07) is 2.12. The van der Waals surface area contributed by atoms with E-state index in [-0.39, 0.29) is 15.8 Å². The smallest absolute Gasteiger partial charge is 0.251 e. The largest absolute Gasteiger partial charge is 0.537 e. The maximum Gasteiger partial charge on any atom is 0.251 e. The Balaban J connectivity index is 5.38. The lowest BCUT2D eigenvalue weighted by Gasteiger charge is -2.40. The minimum absolute atomic E-state index is 0.0326. The van der Waals surface area contributed by atoms with Crippen molar-refractivity contribution in [1.29, 1.82) is 5.26 Å². The molecular formula is C16H33NO2Si2. The molecule has 0 aromatic rings. The Bertz CT molecular complexity index is 435. The number of nitriles is 1. The minimum atomic E-state index is -2.05. The molecule has 0 fully saturated rings. The lowest BCUT2D eigenvalue weighted by molar-refractivity contribution is 0.277. The minimum Gasteiger partial charge on any atom is -0.537 e. The van der Waals surface area contributed by atoms with Crippen molar-refractivity contribution >= 4 is 16.4 Å². The monoisotopic (exact) mass is 327 g/mol. The maximum absolute atomic E-state index is 10.6. The lowest BCUT2D eigenvalue weighted by Crippen LogP contribution is -2.49. The first-order valence-electron chi connectivity index (χ1n) is 7.55. The number of hydrogen-bond donors (Lipinski definition) is 1. The van der Waals surface area contributed by atoms with E-state index < -0.39 is 22.1 Å². The number of rotatable bonds is 4. The van der Waals surface area contributed by atoms with E-state index in [9.17, 15) is 10.4 Å². The van der Waals surface area contributed by atoms with Gasteiger partial charge in [0.25, 0.3) is 8.32 Å². The number of allylic oxidation sites excluding steroid dienone is 1. The van der Waals surface area contributed by atoms with Crippen LogP contribution in [0.25, 0.3) is 0 Å². The van der Waals surface area contributed by atoms with Crippen molar-refractivity contribution in [3.8, 4) is 6.07 Å². The van der Waals surface area contributed by atoms with Gasteiger partial charge in [-0.25, -0.2) is 0 Å². The van der Waals surface area contributed by atoms with Crippen LogP contribution < -0.4 is 0 Å². The Morgan fingerprint density at radius 1 is 1.05 bits per heavy atom. The van der Waals surface area contributed by atoms with Gasteiger partial charge < -0.3 is 9.53 Å². The summed E-state index contributed by atoms with van der Waals surface area (Å²) in [5.41, 5.74) is -0.586. The Morgan fingerprint density at radius 3 is 1.76 bits per heavy atom. The zero-order valence-corrected chi connectivity index (χ0v) is 17.5. The van der Waals surface area contributed by atoms with Gasteiger partial charge in [-0.05, 0) is 29.2 Å². The zero-order valence-electron chi connectivity index (χ0n) is 15.5. The highest BCUT2D eigenvalue weighted by Gasteiger charge is 2.42. The number of aliphatic hydroxyl groups excluding tert-OH is 1. The van der Waals surface area contributed by atoms with Crippen LogP contribution in [-0.2, 0) is 4.43 Å². The van der Waals surface area contributed by atoms with Gasteiger partial charge in [0.2, 0.25) is 0 Å². The predicted octanol–water partition coefficient (Wildman–Crippen LogP) is 4.82. The third kappa shape index (κ3) is 4.98. The van der Waals surface area contributed by atoms with E-state index in [0.29, 0.717) is 0 Å². The standard InChI is InChI=1S/C16H33NO2Si2/c1-15(2,3)20(7,8)14(18)11-13(12-17)19-21(9,10)16(4,5)6/h11,14,18H,1-10H3/b13-11+/t14-/m0/s1. The molecule has 0 bridgehead atoms. The van der Waals surface area contributed by atoms with Crippen molar-refractivity contribution in [3.63, 3.8) is 0 Å². The molecule has 0 aliphatic rings. The second-order valence-electron chi connectivity index (χ2n) is 8.92. The Morgan fingerprint density at radius 2 is 1.48 bits per heavy atom. The van der Waals surface area contributed by atoms with Crippen LogP contribution in [0.2, 0.25) is 36.3 Å². The van der Waals surface area contributed by atoms with Gasteiger partial charge in [-0.3, -0.25) is 0 Å². The molecule has 0 aromatic carbocycles. The summed E-state index contributed by atoms with van der Waals surface area (Å²) in [4.78, 5) is 0. The quantitative estimate of drug-likeness (QED) is 0.457. The van der Waals surface area contributed by atoms with E-state index in [2.05, 4.69) is 73.8 Å². The van der Waals surface area contributed by atoms with Crippen molar-refractivity contribution in [1.82, 2.24) is 0 Å². The molecule has 0 aliphatic carbocycles. The number of hydrogen-bond acceptors (Lipinski definition) is 3. The Labute approximate surface area is 133 Å². The van der Waals surface area contributed by atoms with E-state index in [1.54, 1.807) is 6.08 Å². The molecule has 122 valence electrons. The molecule has 0 spiro atoms. The van der Waals surface area contributed by atoms with Crippen LogP contribution in [0.1, 0.15) is 41.5 Å². The molecule has 21 heavy (non-hydrogen) atoms. The van der Waals surface area contributed by atoms with E-state index >= 15 is 0 Å². The molecule has 0 radical (unpaired) electrons. The Kier molecular flexibility index (Phi) is 6.10. The van der Waals surface area contributed by atoms with Crippen LogP contribution in [0.4, 0.5) is 0 Å². The van der Waals surface area contributed by atoms with Gasteiger partial charge in [0.1, 0.15) is 6.07 Å². The van der Waals surface area contributed by atoms with Crippen LogP contribution in [0.3, 0.4) is 0 Å². The van der Waals surface area contributed by atoms with Crippen LogP contribution in [0.5, 0.6) is 0 Å². The summed E-state index contributed by atoms with van der Waals surface area (Å²) in [5, 5.41) is 20.0. The van der Waals surface area contributed by atoms with E-state index in [1.807, 2.05) is 0 Å². The molecule has 0 rings (SSSR count). The molecule has 0 saturated carbocycles. The molecule has 3 nitrogen and oxygen atoms in total. The highest BCUT2D eigenvalue weighted by molar-refractivity contribution is 6.81. The van der Waals surface area contributed by atoms with Crippen LogP contribution in [-0.4, -0.2) is 27.2 Å². The van der Waals surface area contributed by atoms with Gasteiger partial charge in [-0.1, -0.05) is 54.6 Å². The third-order valence-electron chi connectivity index (χ3n) is 5.26. The lowest BCUT2D eigenvalue weighted by atomic mass is 10.2. The Hall–Kier alpha value is -0.576. The molecule has 0 heterocycles. The first kappa shape index (κ1) is 20.4. The molecular weight excluding hydrogens is 294 g/mol. The summed E-state index contributed by atoms with van der Waals surface area (Å²) < 4.78 is 6.03. The fourth-order valence-corrected chi connectivity index (χ4v) is 3.74. The first-order chi connectivity index (χ1) is 9.06. The summed E-state index contributed by atoms with van der Waals surface area (Å²) in [7, 11) is -3.99. The fourth-order valence-electron chi connectivity index (χ4n) is 1.32. The number of aliphatic hydroxyl groups is 1. The molecule has 1 N–H and O–H groups in total. The van der Waals surface area contributed by atoms with Gasteiger partial charge in [0, 0.05) is 0 Å². The van der Waals surface area contributed by atoms with E-state index in [4.69, 9.17) is 4.43 Å². The first-order valence-corrected chi connectivity index (χ1v) is 13.5. The molecule has 5 heteroatoms. The van der Waals surface area contributed by atoms with Crippen LogP contribution in [0.15, 0.2) is 11.8 Å². The summed E-state index contributed by atoms with van der Waals surface area (Å²) in [6.45, 7) is 21.4. The SMILES string of the molecule is CC(C)(C)[Si](C)(C)O/C(C#N)=C/[C@@H](O)[Si](C)(C)C(C)(C)C. The van der Waals surface area contributed by atoms with Gasteiger partial charge in [0.15, 0.2) is 5.76 Å². The van der Waals surface area contributed by atoms with E-state index in [1.165, 1.54) is 0 Å². The third-order valence-corrected chi connectivity index (χ3v) is 15.1. The van der Waals surface area contributed by atoms with Crippen molar-refractivity contribution in [2.24, 2.45) is 0 Å². The van der Waals surface area contributed by atoms with E-state index in [0.717, 1.165) is 0 Å². The molecule has 0 aliphatic heterocycles. The highest BCUT2D eigenvalue weighted by Crippen LogP contribution is 2.40. The van der Waals surface area contributed by atoms with Crippen LogP contribution in [0, 0.1) is 11.3 Å². The van der Waals surface area contributed by atoms with Crippen molar-refractivity contribution < 1.29 is 9.53 Å². The maximum atomic E-state index is 10.6. The summed E-state index contributed by atoms with van der Waals surface area (Å²) in [5.74, 6) is 0.277. The van der Waals surface area contributed by atoms with Gasteiger partial charge in [-0.15, -0.1) is 0 Å². The molecule has 0 amide bonds. The second kappa shape index (κ2) is 6.27. The normalized spacial score (nSPS) is 16.4. The second-order valence-corrected chi connectivity index (χ2v) is 19.2. The average molecular weight is 328 g/mol. The van der Waals surface area contributed by atoms with Gasteiger partial charge in [0.05, 0.1) is 13.8 Å². The van der Waals surface area contributed by atoms with Crippen LogP contribution >= 0.6 is 0 Å². The summed E-state index contributed by atoms with van der Waals surface area (Å²) in [6.07, 6.45) is 1.64. The topological polar surface area (TPSA) is 53.2 Å². The predicted molar refractivity (Wildman–Crippen MR) is 95.2 cm³/mol. The van der Waals surface area contributed by atoms with Gasteiger partial charge in [-0.2, -0.15) is 5.26 Å². The number of nitrogens with zero attached hydrogens (tertiary/aromatic N) is 1. The summed E-state index contributed by atoms with van der Waals surface area (Å²) >= 11 is 0. The fraction of sp³-hybridized carbons (Fsp3) is 0.812. The van der Waals surface area contributed by atoms with Crippen molar-refractivity contribution in [3.05, 3.63) is 11.8 Å². The molecule has 0 aromatic heterocycles.